The molecule has 0 aromatic heterocycles. The van der Waals surface area contributed by atoms with Gasteiger partial charge in [0, 0.05) is 25.3 Å². The van der Waals surface area contributed by atoms with Crippen LogP contribution in [0.2, 0.25) is 0 Å². The SMILES string of the molecule is CCCNC(=O)C[NH+](C)CC(=O)Nc1ccc(S(=O)(=O)N(C)C(C)C)cc1. The summed E-state index contributed by atoms with van der Waals surface area (Å²) in [5.74, 6) is -0.336. The Bertz CT molecular complexity index is 732. The Morgan fingerprint density at radius 3 is 2.19 bits per heavy atom. The number of likely N-dealkylation sites (N-methyl/N-ethyl adjacent to an activating group) is 1. The van der Waals surface area contributed by atoms with E-state index in [-0.39, 0.29) is 35.8 Å². The second-order valence-corrected chi connectivity index (χ2v) is 8.85. The fraction of sp³-hybridized carbons (Fsp3) is 0.556. The molecular weight excluding hydrogens is 368 g/mol. The van der Waals surface area contributed by atoms with Crippen LogP contribution >= 0.6 is 0 Å². The van der Waals surface area contributed by atoms with Gasteiger partial charge in [-0.2, -0.15) is 4.31 Å². The Balaban J connectivity index is 2.62. The maximum atomic E-state index is 12.4. The van der Waals surface area contributed by atoms with Gasteiger partial charge in [-0.05, 0) is 44.5 Å². The van der Waals surface area contributed by atoms with Gasteiger partial charge in [0.15, 0.2) is 13.1 Å². The Labute approximate surface area is 162 Å². The quantitative estimate of drug-likeness (QED) is 0.503. The molecule has 1 aromatic carbocycles. The fourth-order valence-electron chi connectivity index (χ4n) is 2.30. The monoisotopic (exact) mass is 399 g/mol. The zero-order valence-corrected chi connectivity index (χ0v) is 17.5. The molecule has 27 heavy (non-hydrogen) atoms. The molecule has 0 radical (unpaired) electrons. The number of carbonyl (C=O) groups is 2. The first-order valence-electron chi connectivity index (χ1n) is 9.03. The molecule has 0 saturated carbocycles. The predicted octanol–water partition coefficient (Wildman–Crippen LogP) is -0.305. The first-order valence-corrected chi connectivity index (χ1v) is 10.5. The van der Waals surface area contributed by atoms with Crippen molar-refractivity contribution in [2.45, 2.75) is 38.1 Å². The smallest absolute Gasteiger partial charge is 0.279 e. The van der Waals surface area contributed by atoms with Crippen LogP contribution in [-0.2, 0) is 19.6 Å². The van der Waals surface area contributed by atoms with E-state index in [9.17, 15) is 18.0 Å². The molecule has 0 saturated heterocycles. The first-order chi connectivity index (χ1) is 12.6. The molecular formula is C18H31N4O4S+. The number of carbonyl (C=O) groups excluding carboxylic acids is 2. The summed E-state index contributed by atoms with van der Waals surface area (Å²) < 4.78 is 26.1. The number of rotatable bonds is 10. The molecule has 1 rings (SSSR count). The maximum Gasteiger partial charge on any atom is 0.279 e. The summed E-state index contributed by atoms with van der Waals surface area (Å²) >= 11 is 0. The van der Waals surface area contributed by atoms with Crippen molar-refractivity contribution in [3.63, 3.8) is 0 Å². The molecule has 0 aliphatic heterocycles. The number of quaternary nitrogens is 1. The number of hydrogen-bond donors (Lipinski definition) is 3. The van der Waals surface area contributed by atoms with Gasteiger partial charge in [0.2, 0.25) is 10.0 Å². The zero-order chi connectivity index (χ0) is 20.6. The molecule has 1 aromatic rings. The zero-order valence-electron chi connectivity index (χ0n) is 16.7. The number of benzene rings is 1. The van der Waals surface area contributed by atoms with E-state index in [0.717, 1.165) is 11.3 Å². The summed E-state index contributed by atoms with van der Waals surface area (Å²) in [6, 6.07) is 5.91. The summed E-state index contributed by atoms with van der Waals surface area (Å²) in [6.45, 7) is 6.55. The van der Waals surface area contributed by atoms with Crippen LogP contribution in [0.3, 0.4) is 0 Å². The van der Waals surface area contributed by atoms with Gasteiger partial charge >= 0.3 is 0 Å². The lowest BCUT2D eigenvalue weighted by Crippen LogP contribution is -3.11. The lowest BCUT2D eigenvalue weighted by atomic mass is 10.3. The average molecular weight is 400 g/mol. The van der Waals surface area contributed by atoms with Gasteiger partial charge in [0.25, 0.3) is 11.8 Å². The highest BCUT2D eigenvalue weighted by molar-refractivity contribution is 7.89. The van der Waals surface area contributed by atoms with Crippen LogP contribution in [0.5, 0.6) is 0 Å². The highest BCUT2D eigenvalue weighted by Crippen LogP contribution is 2.18. The minimum absolute atomic E-state index is 0.0917. The van der Waals surface area contributed by atoms with Gasteiger partial charge < -0.3 is 15.5 Å². The van der Waals surface area contributed by atoms with Crippen LogP contribution in [0.15, 0.2) is 29.2 Å². The van der Waals surface area contributed by atoms with Gasteiger partial charge in [-0.3, -0.25) is 9.59 Å². The largest absolute Gasteiger partial charge is 0.351 e. The van der Waals surface area contributed by atoms with E-state index in [4.69, 9.17) is 0 Å². The first kappa shape index (κ1) is 23.1. The molecule has 1 atom stereocenters. The van der Waals surface area contributed by atoms with E-state index in [2.05, 4.69) is 10.6 Å². The van der Waals surface area contributed by atoms with E-state index in [1.54, 1.807) is 33.0 Å². The lowest BCUT2D eigenvalue weighted by molar-refractivity contribution is -0.862. The Kier molecular flexibility index (Phi) is 8.87. The molecule has 152 valence electrons. The second-order valence-electron chi connectivity index (χ2n) is 6.85. The third-order valence-corrected chi connectivity index (χ3v) is 6.09. The minimum atomic E-state index is -3.55. The Morgan fingerprint density at radius 1 is 1.11 bits per heavy atom. The molecule has 2 amide bonds. The van der Waals surface area contributed by atoms with E-state index >= 15 is 0 Å². The maximum absolute atomic E-state index is 12.4. The third kappa shape index (κ3) is 7.28. The van der Waals surface area contributed by atoms with Crippen molar-refractivity contribution in [3.05, 3.63) is 24.3 Å². The number of sulfonamides is 1. The molecule has 0 spiro atoms. The van der Waals surface area contributed by atoms with Crippen LogP contribution in [0.4, 0.5) is 5.69 Å². The van der Waals surface area contributed by atoms with Crippen molar-refractivity contribution in [1.82, 2.24) is 9.62 Å². The van der Waals surface area contributed by atoms with E-state index in [1.807, 2.05) is 6.92 Å². The topological polar surface area (TPSA) is 100 Å². The van der Waals surface area contributed by atoms with Crippen molar-refractivity contribution in [3.8, 4) is 0 Å². The van der Waals surface area contributed by atoms with Crippen molar-refractivity contribution in [1.29, 1.82) is 0 Å². The summed E-state index contributed by atoms with van der Waals surface area (Å²) in [7, 11) is -0.253. The van der Waals surface area contributed by atoms with Gasteiger partial charge in [0.05, 0.1) is 11.9 Å². The van der Waals surface area contributed by atoms with Crippen molar-refractivity contribution >= 4 is 27.5 Å². The van der Waals surface area contributed by atoms with Crippen molar-refractivity contribution in [2.24, 2.45) is 0 Å². The fourth-order valence-corrected chi connectivity index (χ4v) is 3.66. The number of anilines is 1. The third-order valence-electron chi connectivity index (χ3n) is 4.04. The molecule has 9 heteroatoms. The van der Waals surface area contributed by atoms with E-state index in [1.165, 1.54) is 23.5 Å². The van der Waals surface area contributed by atoms with Crippen LogP contribution in [0.1, 0.15) is 27.2 Å². The molecule has 0 aliphatic rings. The standard InChI is InChI=1S/C18H30N4O4S/c1-6-11-19-17(23)12-21(4)13-18(24)20-15-7-9-16(10-8-15)27(25,26)22(5)14(2)3/h7-10,14H,6,11-13H2,1-5H3,(H,19,23)(H,20,24)/p+1. The highest BCUT2D eigenvalue weighted by atomic mass is 32.2. The molecule has 0 fully saturated rings. The molecule has 3 N–H and O–H groups in total. The molecule has 0 aliphatic carbocycles. The summed E-state index contributed by atoms with van der Waals surface area (Å²) in [5, 5.41) is 5.49. The molecule has 0 heterocycles. The predicted molar refractivity (Wildman–Crippen MR) is 105 cm³/mol. The normalized spacial score (nSPS) is 12.9. The highest BCUT2D eigenvalue weighted by Gasteiger charge is 2.23. The van der Waals surface area contributed by atoms with Crippen molar-refractivity contribution in [2.75, 3.05) is 39.0 Å². The van der Waals surface area contributed by atoms with Crippen LogP contribution in [0, 0.1) is 0 Å². The van der Waals surface area contributed by atoms with Crippen LogP contribution in [0.25, 0.3) is 0 Å². The van der Waals surface area contributed by atoms with Gasteiger partial charge in [0.1, 0.15) is 0 Å². The molecule has 1 unspecified atom stereocenters. The van der Waals surface area contributed by atoms with Gasteiger partial charge in [-0.25, -0.2) is 8.42 Å². The van der Waals surface area contributed by atoms with Gasteiger partial charge in [-0.15, -0.1) is 0 Å². The number of amides is 2. The minimum Gasteiger partial charge on any atom is -0.351 e. The Morgan fingerprint density at radius 2 is 1.67 bits per heavy atom. The summed E-state index contributed by atoms with van der Waals surface area (Å²) in [4.78, 5) is 24.7. The van der Waals surface area contributed by atoms with Crippen molar-refractivity contribution < 1.29 is 22.9 Å². The van der Waals surface area contributed by atoms with E-state index in [0.29, 0.717) is 12.2 Å². The number of nitrogens with zero attached hydrogens (tertiary/aromatic N) is 1. The van der Waals surface area contributed by atoms with Crippen LogP contribution < -0.4 is 15.5 Å². The number of hydrogen-bond acceptors (Lipinski definition) is 4. The Hall–Kier alpha value is -1.97. The van der Waals surface area contributed by atoms with E-state index < -0.39 is 10.0 Å². The van der Waals surface area contributed by atoms with Gasteiger partial charge in [-0.1, -0.05) is 6.92 Å². The summed E-state index contributed by atoms with van der Waals surface area (Å²) in [5.41, 5.74) is 0.509. The molecule has 0 bridgehead atoms. The molecule has 8 nitrogen and oxygen atoms in total. The van der Waals surface area contributed by atoms with Crippen LogP contribution in [-0.4, -0.2) is 64.3 Å². The summed E-state index contributed by atoms with van der Waals surface area (Å²) in [6.07, 6.45) is 0.865. The average Bonchev–Trinajstić information content (AvgIpc) is 2.59. The number of nitrogens with one attached hydrogen (secondary N) is 3. The second kappa shape index (κ2) is 10.4. The lowest BCUT2D eigenvalue weighted by Gasteiger charge is -2.21.